The van der Waals surface area contributed by atoms with E-state index in [0.717, 1.165) is 12.8 Å². The van der Waals surface area contributed by atoms with E-state index in [1.807, 2.05) is 13.8 Å². The fourth-order valence-electron chi connectivity index (χ4n) is 1.94. The third kappa shape index (κ3) is 3.73. The Morgan fingerprint density at radius 3 is 2.53 bits per heavy atom. The Morgan fingerprint density at radius 2 is 2.06 bits per heavy atom. The molecule has 0 aliphatic rings. The van der Waals surface area contributed by atoms with Crippen LogP contribution >= 0.6 is 0 Å². The van der Waals surface area contributed by atoms with Crippen molar-refractivity contribution < 1.29 is 9.18 Å². The lowest BCUT2D eigenvalue weighted by molar-refractivity contribution is -0.119. The highest BCUT2D eigenvalue weighted by Gasteiger charge is 2.23. The van der Waals surface area contributed by atoms with Gasteiger partial charge in [-0.3, -0.25) is 4.79 Å². The minimum Gasteiger partial charge on any atom is -0.373 e. The number of amides is 1. The first-order valence-electron chi connectivity index (χ1n) is 5.89. The average Bonchev–Trinajstić information content (AvgIpc) is 2.29. The van der Waals surface area contributed by atoms with Crippen LogP contribution in [0.4, 0.5) is 10.1 Å². The highest BCUT2D eigenvalue weighted by atomic mass is 19.1. The normalized spacial score (nSPS) is 12.5. The Labute approximate surface area is 101 Å². The number of nitrogens with one attached hydrogen (secondary N) is 1. The molecule has 1 atom stereocenters. The first-order chi connectivity index (χ1) is 8.08. The molecule has 1 rings (SSSR count). The molecule has 1 amide bonds. The van der Waals surface area contributed by atoms with E-state index < -0.39 is 11.9 Å². The van der Waals surface area contributed by atoms with Gasteiger partial charge in [-0.1, -0.05) is 32.8 Å². The van der Waals surface area contributed by atoms with Crippen molar-refractivity contribution in [1.29, 1.82) is 0 Å². The summed E-state index contributed by atoms with van der Waals surface area (Å²) in [6.45, 7) is 4.02. The van der Waals surface area contributed by atoms with Crippen LogP contribution in [0, 0.1) is 11.7 Å². The first kappa shape index (κ1) is 13.5. The summed E-state index contributed by atoms with van der Waals surface area (Å²) in [5, 5.41) is 3.01. The molecule has 1 aromatic rings. The van der Waals surface area contributed by atoms with E-state index in [-0.39, 0.29) is 11.7 Å². The quantitative estimate of drug-likeness (QED) is 0.800. The SMILES string of the molecule is CCC(CC)C(Nc1cccc(F)c1)C(N)=O. The Morgan fingerprint density at radius 1 is 1.41 bits per heavy atom. The topological polar surface area (TPSA) is 55.1 Å². The standard InChI is InChI=1S/C13H19FN2O/c1-3-9(4-2)12(13(15)17)16-11-7-5-6-10(14)8-11/h5-9,12,16H,3-4H2,1-2H3,(H2,15,17). The van der Waals surface area contributed by atoms with Crippen molar-refractivity contribution in [2.75, 3.05) is 5.32 Å². The molecule has 0 bridgehead atoms. The summed E-state index contributed by atoms with van der Waals surface area (Å²) in [6, 6.07) is 5.59. The molecule has 0 spiro atoms. The van der Waals surface area contributed by atoms with Crippen LogP contribution in [0.5, 0.6) is 0 Å². The average molecular weight is 238 g/mol. The van der Waals surface area contributed by atoms with Gasteiger partial charge in [0, 0.05) is 5.69 Å². The van der Waals surface area contributed by atoms with Crippen LogP contribution < -0.4 is 11.1 Å². The molecule has 94 valence electrons. The molecule has 0 saturated carbocycles. The van der Waals surface area contributed by atoms with E-state index in [4.69, 9.17) is 5.73 Å². The van der Waals surface area contributed by atoms with Crippen LogP contribution in [0.2, 0.25) is 0 Å². The minimum atomic E-state index is -0.452. The zero-order valence-electron chi connectivity index (χ0n) is 10.2. The van der Waals surface area contributed by atoms with Gasteiger partial charge in [0.1, 0.15) is 11.9 Å². The van der Waals surface area contributed by atoms with Crippen LogP contribution in [-0.2, 0) is 4.79 Å². The van der Waals surface area contributed by atoms with Crippen LogP contribution in [0.25, 0.3) is 0 Å². The van der Waals surface area contributed by atoms with Crippen LogP contribution in [0.1, 0.15) is 26.7 Å². The molecule has 3 nitrogen and oxygen atoms in total. The Bertz CT molecular complexity index is 377. The number of primary amides is 1. The van der Waals surface area contributed by atoms with Crippen molar-refractivity contribution in [3.8, 4) is 0 Å². The lowest BCUT2D eigenvalue weighted by Crippen LogP contribution is -2.41. The number of rotatable bonds is 6. The molecule has 4 heteroatoms. The third-order valence-corrected chi connectivity index (χ3v) is 2.97. The van der Waals surface area contributed by atoms with Gasteiger partial charge in [-0.2, -0.15) is 0 Å². The number of hydrogen-bond acceptors (Lipinski definition) is 2. The maximum absolute atomic E-state index is 13.0. The highest BCUT2D eigenvalue weighted by Crippen LogP contribution is 2.18. The summed E-state index contributed by atoms with van der Waals surface area (Å²) < 4.78 is 13.0. The van der Waals surface area contributed by atoms with E-state index >= 15 is 0 Å². The van der Waals surface area contributed by atoms with E-state index in [2.05, 4.69) is 5.32 Å². The second kappa shape index (κ2) is 6.23. The fraction of sp³-hybridized carbons (Fsp3) is 0.462. The lowest BCUT2D eigenvalue weighted by atomic mass is 9.93. The van der Waals surface area contributed by atoms with Crippen LogP contribution in [-0.4, -0.2) is 11.9 Å². The molecule has 0 saturated heterocycles. The van der Waals surface area contributed by atoms with Gasteiger partial charge in [0.05, 0.1) is 0 Å². The summed E-state index contributed by atoms with van der Waals surface area (Å²) in [5.74, 6) is -0.568. The van der Waals surface area contributed by atoms with Crippen molar-refractivity contribution in [2.45, 2.75) is 32.7 Å². The Kier molecular flexibility index (Phi) is 4.94. The van der Waals surface area contributed by atoms with Crippen LogP contribution in [0.15, 0.2) is 24.3 Å². The first-order valence-corrected chi connectivity index (χ1v) is 5.89. The summed E-state index contributed by atoms with van der Waals surface area (Å²) >= 11 is 0. The van der Waals surface area contributed by atoms with Gasteiger partial charge in [0.2, 0.25) is 5.91 Å². The number of benzene rings is 1. The molecule has 0 heterocycles. The zero-order chi connectivity index (χ0) is 12.8. The third-order valence-electron chi connectivity index (χ3n) is 2.97. The predicted octanol–water partition coefficient (Wildman–Crippen LogP) is 2.53. The molecule has 0 aliphatic carbocycles. The number of carbonyl (C=O) groups is 1. The predicted molar refractivity (Wildman–Crippen MR) is 67.1 cm³/mol. The molecule has 1 unspecified atom stereocenters. The minimum absolute atomic E-state index is 0.163. The number of carbonyl (C=O) groups excluding carboxylic acids is 1. The van der Waals surface area contributed by atoms with Gasteiger partial charge in [0.25, 0.3) is 0 Å². The highest BCUT2D eigenvalue weighted by molar-refractivity contribution is 5.83. The Hall–Kier alpha value is -1.58. The van der Waals surface area contributed by atoms with Crippen molar-refractivity contribution in [3.63, 3.8) is 0 Å². The largest absolute Gasteiger partial charge is 0.373 e. The van der Waals surface area contributed by atoms with Gasteiger partial charge < -0.3 is 11.1 Å². The number of halogens is 1. The van der Waals surface area contributed by atoms with Gasteiger partial charge in [-0.15, -0.1) is 0 Å². The van der Waals surface area contributed by atoms with Gasteiger partial charge in [-0.05, 0) is 24.1 Å². The summed E-state index contributed by atoms with van der Waals surface area (Å²) in [4.78, 5) is 11.4. The number of nitrogens with two attached hydrogens (primary N) is 1. The maximum atomic E-state index is 13.0. The van der Waals surface area contributed by atoms with E-state index in [0.29, 0.717) is 5.69 Å². The molecule has 1 aromatic carbocycles. The smallest absolute Gasteiger partial charge is 0.240 e. The van der Waals surface area contributed by atoms with Gasteiger partial charge in [0.15, 0.2) is 0 Å². The zero-order valence-corrected chi connectivity index (χ0v) is 10.2. The van der Waals surface area contributed by atoms with Crippen LogP contribution in [0.3, 0.4) is 0 Å². The molecular formula is C13H19FN2O. The molecule has 0 fully saturated rings. The van der Waals surface area contributed by atoms with Gasteiger partial charge >= 0.3 is 0 Å². The maximum Gasteiger partial charge on any atom is 0.240 e. The molecule has 0 radical (unpaired) electrons. The van der Waals surface area contributed by atoms with Crippen molar-refractivity contribution >= 4 is 11.6 Å². The van der Waals surface area contributed by atoms with E-state index in [1.54, 1.807) is 12.1 Å². The van der Waals surface area contributed by atoms with Crippen molar-refractivity contribution in [1.82, 2.24) is 0 Å². The van der Waals surface area contributed by atoms with Crippen molar-refractivity contribution in [3.05, 3.63) is 30.1 Å². The number of anilines is 1. The monoisotopic (exact) mass is 238 g/mol. The number of hydrogen-bond donors (Lipinski definition) is 2. The second-order valence-electron chi connectivity index (χ2n) is 4.11. The molecular weight excluding hydrogens is 219 g/mol. The van der Waals surface area contributed by atoms with Gasteiger partial charge in [-0.25, -0.2) is 4.39 Å². The van der Waals surface area contributed by atoms with E-state index in [9.17, 15) is 9.18 Å². The lowest BCUT2D eigenvalue weighted by Gasteiger charge is -2.24. The molecule has 3 N–H and O–H groups in total. The van der Waals surface area contributed by atoms with E-state index in [1.165, 1.54) is 12.1 Å². The summed E-state index contributed by atoms with van der Waals surface area (Å²) in [5.41, 5.74) is 5.96. The molecule has 0 aliphatic heterocycles. The van der Waals surface area contributed by atoms with Crippen molar-refractivity contribution in [2.24, 2.45) is 11.7 Å². The second-order valence-corrected chi connectivity index (χ2v) is 4.11. The Balaban J connectivity index is 2.83. The molecule has 0 aromatic heterocycles. The summed E-state index contributed by atoms with van der Waals surface area (Å²) in [6.07, 6.45) is 1.71. The summed E-state index contributed by atoms with van der Waals surface area (Å²) in [7, 11) is 0. The fourth-order valence-corrected chi connectivity index (χ4v) is 1.94. The molecule has 17 heavy (non-hydrogen) atoms.